The minimum absolute atomic E-state index is 0.0848. The lowest BCUT2D eigenvalue weighted by atomic mass is 10.1. The number of thioether (sulfide) groups is 1. The number of likely N-dealkylation sites (tertiary alicyclic amines) is 1. The highest BCUT2D eigenvalue weighted by atomic mass is 32.2. The Hall–Kier alpha value is -4.53. The zero-order valence-electron chi connectivity index (χ0n) is 28.1. The summed E-state index contributed by atoms with van der Waals surface area (Å²) in [6.07, 6.45) is 10.7. The molecule has 0 saturated carbocycles. The zero-order valence-corrected chi connectivity index (χ0v) is 29.8. The Bertz CT molecular complexity index is 1910. The van der Waals surface area contributed by atoms with Gasteiger partial charge in [-0.3, -0.25) is 24.3 Å². The van der Waals surface area contributed by atoms with E-state index in [9.17, 15) is 9.59 Å². The third kappa shape index (κ3) is 8.56. The van der Waals surface area contributed by atoms with Crippen molar-refractivity contribution in [2.45, 2.75) is 38.0 Å². The second-order valence-corrected chi connectivity index (χ2v) is 14.5. The first-order chi connectivity index (χ1) is 23.8. The largest absolute Gasteiger partial charge is 0.475 e. The predicted octanol–water partition coefficient (Wildman–Crippen LogP) is 5.58. The van der Waals surface area contributed by atoms with Crippen LogP contribution in [0.2, 0.25) is 0 Å². The number of fused-ring (bicyclic) bond motifs is 1. The van der Waals surface area contributed by atoms with Crippen LogP contribution in [-0.2, 0) is 16.6 Å². The molecule has 1 fully saturated rings. The van der Waals surface area contributed by atoms with Crippen molar-refractivity contribution in [3.63, 3.8) is 0 Å². The van der Waals surface area contributed by atoms with Crippen LogP contribution in [0, 0.1) is 0 Å². The lowest BCUT2D eigenvalue weighted by molar-refractivity contribution is -0.131. The smallest absolute Gasteiger partial charge is 0.237 e. The maximum Gasteiger partial charge on any atom is 0.237 e. The van der Waals surface area contributed by atoms with E-state index < -0.39 is 0 Å². The van der Waals surface area contributed by atoms with E-state index in [1.165, 1.54) is 16.9 Å². The summed E-state index contributed by atoms with van der Waals surface area (Å²) in [6.45, 7) is 8.08. The number of aromatic amines is 1. The van der Waals surface area contributed by atoms with Gasteiger partial charge < -0.3 is 15.0 Å². The maximum absolute atomic E-state index is 12.6. The van der Waals surface area contributed by atoms with E-state index in [4.69, 9.17) is 4.74 Å². The summed E-state index contributed by atoms with van der Waals surface area (Å²) in [5, 5.41) is 15.9. The van der Waals surface area contributed by atoms with E-state index in [2.05, 4.69) is 59.9 Å². The first kappa shape index (κ1) is 34.3. The molecule has 2 N–H and O–H groups in total. The quantitative estimate of drug-likeness (QED) is 0.179. The van der Waals surface area contributed by atoms with Gasteiger partial charge in [0.25, 0.3) is 0 Å². The molecule has 1 aromatic carbocycles. The fraction of sp³-hybridized carbons (Fsp3) is 0.371. The molecule has 14 heteroatoms. The molecule has 1 atom stereocenters. The summed E-state index contributed by atoms with van der Waals surface area (Å²) in [5.41, 5.74) is 4.61. The van der Waals surface area contributed by atoms with E-state index in [0.29, 0.717) is 30.6 Å². The molecule has 12 nitrogen and oxygen atoms in total. The number of nitrogens with zero attached hydrogens (tertiary/aromatic N) is 7. The van der Waals surface area contributed by atoms with E-state index in [1.54, 1.807) is 28.5 Å². The van der Waals surface area contributed by atoms with E-state index in [-0.39, 0.29) is 12.0 Å². The molecule has 4 aromatic heterocycles. The number of aromatic nitrogens is 6. The highest BCUT2D eigenvalue weighted by molar-refractivity contribution is 7.99. The van der Waals surface area contributed by atoms with Crippen molar-refractivity contribution in [3.8, 4) is 27.8 Å². The number of ether oxygens (including phenoxy) is 1. The van der Waals surface area contributed by atoms with Crippen molar-refractivity contribution in [3.05, 3.63) is 65.9 Å². The van der Waals surface area contributed by atoms with Crippen molar-refractivity contribution in [2.75, 3.05) is 44.3 Å². The molecular formula is C35H41N9O3S2. The summed E-state index contributed by atoms with van der Waals surface area (Å²) >= 11 is 3.64. The van der Waals surface area contributed by atoms with Crippen LogP contribution in [-0.4, -0.2) is 102 Å². The Balaban J connectivity index is 0.000000174. The second kappa shape index (κ2) is 15.8. The van der Waals surface area contributed by atoms with Gasteiger partial charge in [0.05, 0.1) is 23.0 Å². The van der Waals surface area contributed by atoms with Gasteiger partial charge >= 0.3 is 0 Å². The number of aryl methyl sites for hydroxylation is 1. The Kier molecular flexibility index (Phi) is 11.1. The zero-order chi connectivity index (χ0) is 34.3. The number of hydrogen-bond acceptors (Lipinski definition) is 10. The van der Waals surface area contributed by atoms with Crippen LogP contribution in [0.5, 0.6) is 5.88 Å². The Morgan fingerprint density at radius 3 is 2.69 bits per heavy atom. The Morgan fingerprint density at radius 2 is 2.02 bits per heavy atom. The average Bonchev–Trinajstić information content (AvgIpc) is 3.93. The van der Waals surface area contributed by atoms with Gasteiger partial charge in [-0.05, 0) is 81.5 Å². The average molecular weight is 700 g/mol. The Morgan fingerprint density at radius 1 is 1.16 bits per heavy atom. The van der Waals surface area contributed by atoms with Crippen LogP contribution < -0.4 is 10.1 Å². The molecule has 0 bridgehead atoms. The van der Waals surface area contributed by atoms with Gasteiger partial charge in [-0.15, -0.1) is 11.3 Å². The number of amides is 2. The number of nitrogens with one attached hydrogen (secondary N) is 2. The van der Waals surface area contributed by atoms with E-state index >= 15 is 0 Å². The number of thiophene rings is 1. The standard InChI is InChI=1S/C19H25N5OS2.C16H16N4O2/c1-22-13-20-19(21-22)17-4-3-16(27-17)14-5-9-24(10-6-14)18(25)12-23-8-7-15(11-23)26-2;1-10(2)22-15-6-3-11(8-17-15)16-13-7-12(18-9-21)4-5-14(13)19-20-16/h3-5,13,15H,6-12H2,1-2H3;3-10H,1-2H3,(H,18,21)(H,19,20)/t15-;/m0./s1. The van der Waals surface area contributed by atoms with Gasteiger partial charge in [0.15, 0.2) is 5.82 Å². The van der Waals surface area contributed by atoms with Crippen molar-refractivity contribution in [2.24, 2.45) is 7.05 Å². The minimum atomic E-state index is 0.0848. The van der Waals surface area contributed by atoms with Gasteiger partial charge in [0.2, 0.25) is 18.2 Å². The third-order valence-electron chi connectivity index (χ3n) is 8.38. The second-order valence-electron chi connectivity index (χ2n) is 12.3. The molecule has 0 aliphatic carbocycles. The summed E-state index contributed by atoms with van der Waals surface area (Å²) in [4.78, 5) is 38.4. The number of rotatable bonds is 10. The number of H-pyrrole nitrogens is 1. The molecule has 49 heavy (non-hydrogen) atoms. The van der Waals surface area contributed by atoms with Crippen molar-refractivity contribution in [1.29, 1.82) is 0 Å². The van der Waals surface area contributed by atoms with E-state index in [1.807, 2.05) is 67.9 Å². The van der Waals surface area contributed by atoms with Crippen molar-refractivity contribution in [1.82, 2.24) is 39.7 Å². The van der Waals surface area contributed by atoms with Crippen LogP contribution in [0.3, 0.4) is 0 Å². The van der Waals surface area contributed by atoms with Gasteiger partial charge in [0.1, 0.15) is 12.0 Å². The number of carbonyl (C=O) groups excluding carboxylic acids is 2. The molecule has 2 aliphatic heterocycles. The number of anilines is 1. The number of carbonyl (C=O) groups is 2. The fourth-order valence-corrected chi connectivity index (χ4v) is 7.56. The van der Waals surface area contributed by atoms with Crippen LogP contribution >= 0.6 is 23.1 Å². The van der Waals surface area contributed by atoms with Crippen LogP contribution in [0.4, 0.5) is 5.69 Å². The first-order valence-corrected chi connectivity index (χ1v) is 18.4. The van der Waals surface area contributed by atoms with Crippen molar-refractivity contribution >= 4 is 57.6 Å². The third-order valence-corrected chi connectivity index (χ3v) is 10.6. The summed E-state index contributed by atoms with van der Waals surface area (Å²) < 4.78 is 7.26. The SMILES string of the molecule is CC(C)Oc1ccc(-c2n[nH]c3ccc(NC=O)cc23)cn1.CS[C@H]1CCN(CC(=O)N2CC=C(c3ccc(-c4ncn(C)n4)s3)CC2)C1. The van der Waals surface area contributed by atoms with Gasteiger partial charge in [-0.25, -0.2) is 9.97 Å². The summed E-state index contributed by atoms with van der Waals surface area (Å²) in [5.74, 6) is 1.62. The summed E-state index contributed by atoms with van der Waals surface area (Å²) in [7, 11) is 1.88. The molecule has 1 saturated heterocycles. The van der Waals surface area contributed by atoms with Gasteiger partial charge in [0, 0.05) is 65.7 Å². The molecule has 2 aliphatic rings. The monoisotopic (exact) mass is 699 g/mol. The summed E-state index contributed by atoms with van der Waals surface area (Å²) in [6, 6.07) is 13.5. The molecule has 256 valence electrons. The molecule has 0 unspecified atom stereocenters. The molecule has 7 rings (SSSR count). The first-order valence-electron chi connectivity index (χ1n) is 16.3. The normalized spacial score (nSPS) is 16.4. The maximum atomic E-state index is 12.6. The molecule has 6 heterocycles. The highest BCUT2D eigenvalue weighted by Gasteiger charge is 2.26. The minimum Gasteiger partial charge on any atom is -0.475 e. The number of benzene rings is 1. The Labute approximate surface area is 294 Å². The molecule has 5 aromatic rings. The molecular weight excluding hydrogens is 659 g/mol. The fourth-order valence-electron chi connectivity index (χ4n) is 5.85. The van der Waals surface area contributed by atoms with Crippen LogP contribution in [0.25, 0.3) is 38.4 Å². The number of hydrogen-bond donors (Lipinski definition) is 2. The molecule has 0 spiro atoms. The van der Waals surface area contributed by atoms with Crippen LogP contribution in [0.1, 0.15) is 31.6 Å². The highest BCUT2D eigenvalue weighted by Crippen LogP contribution is 2.33. The van der Waals surface area contributed by atoms with Crippen molar-refractivity contribution < 1.29 is 14.3 Å². The van der Waals surface area contributed by atoms with Crippen LogP contribution in [0.15, 0.2) is 61.1 Å². The molecule has 2 amide bonds. The lowest BCUT2D eigenvalue weighted by Crippen LogP contribution is -2.41. The lowest BCUT2D eigenvalue weighted by Gasteiger charge is -2.28. The van der Waals surface area contributed by atoms with Gasteiger partial charge in [-0.1, -0.05) is 6.08 Å². The predicted molar refractivity (Wildman–Crippen MR) is 197 cm³/mol. The van der Waals surface area contributed by atoms with E-state index in [0.717, 1.165) is 64.6 Å². The van der Waals surface area contributed by atoms with Gasteiger partial charge in [-0.2, -0.15) is 22.0 Å². The topological polar surface area (TPSA) is 134 Å². The number of pyridine rings is 1. The molecule has 0 radical (unpaired) electrons.